The standard InChI is InChI=1S/C22H25FN2O4/c23-19-7-3-2-6-17(19)13-25-14-18-9-8-16(22(27)28)12-20(18)29-11-5-1-4-10-24-21(26)15-25/h2-3,6-9,12H,1,4-5,10-11,13-15H2,(H,24,26)(H,27,28). The summed E-state index contributed by atoms with van der Waals surface area (Å²) >= 11 is 0. The molecular weight excluding hydrogens is 375 g/mol. The minimum atomic E-state index is -1.03. The van der Waals surface area contributed by atoms with Crippen LogP contribution < -0.4 is 10.1 Å². The topological polar surface area (TPSA) is 78.9 Å². The number of nitrogens with zero attached hydrogens (tertiary/aromatic N) is 1. The molecule has 1 aliphatic heterocycles. The Labute approximate surface area is 169 Å². The lowest BCUT2D eigenvalue weighted by Gasteiger charge is -2.23. The zero-order valence-electron chi connectivity index (χ0n) is 16.2. The Bertz CT molecular complexity index is 872. The predicted molar refractivity (Wildman–Crippen MR) is 106 cm³/mol. The third-order valence-corrected chi connectivity index (χ3v) is 4.83. The van der Waals surface area contributed by atoms with E-state index >= 15 is 0 Å². The van der Waals surface area contributed by atoms with Crippen LogP contribution in [0.4, 0.5) is 4.39 Å². The largest absolute Gasteiger partial charge is 0.493 e. The van der Waals surface area contributed by atoms with Crippen molar-refractivity contribution in [3.05, 3.63) is 65.0 Å². The van der Waals surface area contributed by atoms with E-state index in [1.165, 1.54) is 18.2 Å². The molecule has 1 aliphatic rings. The van der Waals surface area contributed by atoms with E-state index in [2.05, 4.69) is 5.32 Å². The van der Waals surface area contributed by atoms with Crippen LogP contribution in [0.25, 0.3) is 0 Å². The van der Waals surface area contributed by atoms with E-state index in [1.807, 2.05) is 4.90 Å². The summed E-state index contributed by atoms with van der Waals surface area (Å²) in [6, 6.07) is 11.2. The molecule has 3 rings (SSSR count). The maximum Gasteiger partial charge on any atom is 0.335 e. The van der Waals surface area contributed by atoms with E-state index in [0.29, 0.717) is 31.0 Å². The number of aromatic carboxylic acids is 1. The molecule has 2 N–H and O–H groups in total. The zero-order valence-corrected chi connectivity index (χ0v) is 16.2. The third-order valence-electron chi connectivity index (χ3n) is 4.83. The fourth-order valence-electron chi connectivity index (χ4n) is 3.30. The molecule has 2 aromatic carbocycles. The molecule has 0 saturated heterocycles. The average molecular weight is 400 g/mol. The summed E-state index contributed by atoms with van der Waals surface area (Å²) in [6.07, 6.45) is 2.54. The Morgan fingerprint density at radius 3 is 2.76 bits per heavy atom. The number of amides is 1. The average Bonchev–Trinajstić information content (AvgIpc) is 2.70. The minimum Gasteiger partial charge on any atom is -0.493 e. The van der Waals surface area contributed by atoms with Crippen molar-refractivity contribution in [1.29, 1.82) is 0 Å². The predicted octanol–water partition coefficient (Wildman–Crippen LogP) is 3.21. The monoisotopic (exact) mass is 400 g/mol. The van der Waals surface area contributed by atoms with Crippen molar-refractivity contribution in [3.8, 4) is 5.75 Å². The van der Waals surface area contributed by atoms with Crippen molar-refractivity contribution in [2.75, 3.05) is 19.7 Å². The van der Waals surface area contributed by atoms with Gasteiger partial charge in [-0.1, -0.05) is 24.3 Å². The quantitative estimate of drug-likeness (QED) is 0.827. The molecule has 0 aliphatic carbocycles. The number of fused-ring (bicyclic) bond motifs is 1. The highest BCUT2D eigenvalue weighted by Crippen LogP contribution is 2.24. The molecule has 0 fully saturated rings. The van der Waals surface area contributed by atoms with E-state index in [9.17, 15) is 19.1 Å². The molecule has 2 aromatic rings. The zero-order chi connectivity index (χ0) is 20.6. The van der Waals surface area contributed by atoms with Gasteiger partial charge in [0.1, 0.15) is 11.6 Å². The summed E-state index contributed by atoms with van der Waals surface area (Å²) in [5.41, 5.74) is 1.40. The Balaban J connectivity index is 1.89. The molecule has 1 heterocycles. The fourth-order valence-corrected chi connectivity index (χ4v) is 3.30. The van der Waals surface area contributed by atoms with Gasteiger partial charge in [0, 0.05) is 30.8 Å². The van der Waals surface area contributed by atoms with Crippen LogP contribution in [0, 0.1) is 5.82 Å². The highest BCUT2D eigenvalue weighted by molar-refractivity contribution is 5.88. The normalized spacial score (nSPS) is 16.4. The van der Waals surface area contributed by atoms with Crippen molar-refractivity contribution in [3.63, 3.8) is 0 Å². The molecule has 0 radical (unpaired) electrons. The van der Waals surface area contributed by atoms with E-state index in [-0.39, 0.29) is 30.4 Å². The molecule has 154 valence electrons. The number of halogens is 1. The van der Waals surface area contributed by atoms with Gasteiger partial charge < -0.3 is 15.2 Å². The summed E-state index contributed by atoms with van der Waals surface area (Å²) in [4.78, 5) is 25.5. The number of carbonyl (C=O) groups excluding carboxylic acids is 1. The highest BCUT2D eigenvalue weighted by atomic mass is 19.1. The van der Waals surface area contributed by atoms with Gasteiger partial charge in [-0.2, -0.15) is 0 Å². The molecule has 0 spiro atoms. The third kappa shape index (κ3) is 6.02. The van der Waals surface area contributed by atoms with Crippen molar-refractivity contribution >= 4 is 11.9 Å². The molecule has 1 amide bonds. The number of rotatable bonds is 3. The van der Waals surface area contributed by atoms with Crippen LogP contribution >= 0.6 is 0 Å². The van der Waals surface area contributed by atoms with Crippen LogP contribution in [-0.4, -0.2) is 41.6 Å². The lowest BCUT2D eigenvalue weighted by molar-refractivity contribution is -0.122. The van der Waals surface area contributed by atoms with Crippen molar-refractivity contribution in [2.45, 2.75) is 32.4 Å². The van der Waals surface area contributed by atoms with Crippen molar-refractivity contribution in [1.82, 2.24) is 10.2 Å². The lowest BCUT2D eigenvalue weighted by atomic mass is 10.1. The van der Waals surface area contributed by atoms with E-state index in [0.717, 1.165) is 24.8 Å². The Morgan fingerprint density at radius 1 is 1.14 bits per heavy atom. The lowest BCUT2D eigenvalue weighted by Crippen LogP contribution is -2.37. The van der Waals surface area contributed by atoms with Crippen LogP contribution in [-0.2, 0) is 17.9 Å². The number of carboxylic acids is 1. The molecule has 0 saturated carbocycles. The van der Waals surface area contributed by atoms with Crippen LogP contribution in [0.3, 0.4) is 0 Å². The first-order valence-electron chi connectivity index (χ1n) is 9.74. The maximum atomic E-state index is 14.2. The van der Waals surface area contributed by atoms with Crippen molar-refractivity contribution < 1.29 is 23.8 Å². The summed E-state index contributed by atoms with van der Waals surface area (Å²) in [5.74, 6) is -0.983. The van der Waals surface area contributed by atoms with E-state index < -0.39 is 5.97 Å². The van der Waals surface area contributed by atoms with Gasteiger partial charge >= 0.3 is 5.97 Å². The molecule has 6 nitrogen and oxygen atoms in total. The number of nitrogens with one attached hydrogen (secondary N) is 1. The number of hydrogen-bond acceptors (Lipinski definition) is 4. The Hall–Kier alpha value is -2.93. The van der Waals surface area contributed by atoms with Gasteiger partial charge in [0.25, 0.3) is 0 Å². The van der Waals surface area contributed by atoms with Gasteiger partial charge in [-0.05, 0) is 37.5 Å². The van der Waals surface area contributed by atoms with Gasteiger partial charge in [-0.3, -0.25) is 9.69 Å². The van der Waals surface area contributed by atoms with Gasteiger partial charge in [0.05, 0.1) is 18.7 Å². The first-order valence-corrected chi connectivity index (χ1v) is 9.74. The van der Waals surface area contributed by atoms with E-state index in [4.69, 9.17) is 4.74 Å². The Kier molecular flexibility index (Phi) is 7.19. The SMILES string of the molecule is O=C1CN(Cc2ccccc2F)Cc2ccc(C(=O)O)cc2OCCCCCN1. The number of ether oxygens (including phenoxy) is 1. The molecule has 29 heavy (non-hydrogen) atoms. The second-order valence-electron chi connectivity index (χ2n) is 7.12. The maximum absolute atomic E-state index is 14.2. The number of carbonyl (C=O) groups is 2. The van der Waals surface area contributed by atoms with Gasteiger partial charge in [0.2, 0.25) is 5.91 Å². The van der Waals surface area contributed by atoms with Crippen LogP contribution in [0.1, 0.15) is 40.7 Å². The van der Waals surface area contributed by atoms with Crippen molar-refractivity contribution in [2.24, 2.45) is 0 Å². The number of carboxylic acid groups (broad SMARTS) is 1. The van der Waals surface area contributed by atoms with Gasteiger partial charge in [-0.25, -0.2) is 9.18 Å². The summed E-state index contributed by atoms with van der Waals surface area (Å²) in [7, 11) is 0. The van der Waals surface area contributed by atoms with Gasteiger partial charge in [-0.15, -0.1) is 0 Å². The fraction of sp³-hybridized carbons (Fsp3) is 0.364. The number of hydrogen-bond donors (Lipinski definition) is 2. The molecule has 7 heteroatoms. The summed E-state index contributed by atoms with van der Waals surface area (Å²) < 4.78 is 20.0. The van der Waals surface area contributed by atoms with Crippen LogP contribution in [0.5, 0.6) is 5.75 Å². The second kappa shape index (κ2) is 10.0. The summed E-state index contributed by atoms with van der Waals surface area (Å²) in [5, 5.41) is 12.2. The second-order valence-corrected chi connectivity index (χ2v) is 7.12. The van der Waals surface area contributed by atoms with E-state index in [1.54, 1.807) is 24.3 Å². The molecule has 0 aromatic heterocycles. The van der Waals surface area contributed by atoms with Crippen LogP contribution in [0.2, 0.25) is 0 Å². The summed E-state index contributed by atoms with van der Waals surface area (Å²) in [6.45, 7) is 1.74. The first-order chi connectivity index (χ1) is 14.0. The Morgan fingerprint density at radius 2 is 1.97 bits per heavy atom. The van der Waals surface area contributed by atoms with Crippen LogP contribution in [0.15, 0.2) is 42.5 Å². The smallest absolute Gasteiger partial charge is 0.335 e. The van der Waals surface area contributed by atoms with Gasteiger partial charge in [0.15, 0.2) is 0 Å². The molecule has 0 atom stereocenters. The first kappa shape index (κ1) is 20.8. The molecular formula is C22H25FN2O4. The highest BCUT2D eigenvalue weighted by Gasteiger charge is 2.18. The minimum absolute atomic E-state index is 0.106. The molecule has 0 bridgehead atoms. The molecule has 0 unspecified atom stereocenters. The number of benzene rings is 2.